The molecule has 1 rings (SSSR count). The summed E-state index contributed by atoms with van der Waals surface area (Å²) in [7, 11) is 0. The number of nitrogens with two attached hydrogens (primary N) is 1. The van der Waals surface area contributed by atoms with E-state index in [1.807, 2.05) is 5.43 Å². The van der Waals surface area contributed by atoms with Gasteiger partial charge in [0.2, 0.25) is 0 Å². The lowest BCUT2D eigenvalue weighted by molar-refractivity contribution is 0.0697. The standard InChI is InChI=1S/C13H19N3O3/c1-2-3-4-7-15-11-6-5-9(13(18)19)8-10(11)12(17)16-14/h5-6,8,15H,2-4,7,14H2,1H3,(H,16,17)(H,18,19). The number of hydrogen-bond acceptors (Lipinski definition) is 4. The van der Waals surface area contributed by atoms with Crippen molar-refractivity contribution in [3.63, 3.8) is 0 Å². The molecule has 0 heterocycles. The van der Waals surface area contributed by atoms with Crippen LogP contribution < -0.4 is 16.6 Å². The first-order valence-corrected chi connectivity index (χ1v) is 6.22. The second kappa shape index (κ2) is 7.38. The Kier molecular flexibility index (Phi) is 5.81. The van der Waals surface area contributed by atoms with Gasteiger partial charge in [-0.3, -0.25) is 10.2 Å². The number of rotatable bonds is 7. The second-order valence-corrected chi connectivity index (χ2v) is 4.17. The third-order valence-electron chi connectivity index (χ3n) is 2.74. The largest absolute Gasteiger partial charge is 0.478 e. The van der Waals surface area contributed by atoms with Gasteiger partial charge in [-0.2, -0.15) is 0 Å². The summed E-state index contributed by atoms with van der Waals surface area (Å²) in [5, 5.41) is 12.0. The molecule has 0 aliphatic rings. The minimum atomic E-state index is -1.08. The maximum Gasteiger partial charge on any atom is 0.335 e. The molecular formula is C13H19N3O3. The number of carbonyl (C=O) groups excluding carboxylic acids is 1. The second-order valence-electron chi connectivity index (χ2n) is 4.17. The molecule has 6 heteroatoms. The fourth-order valence-corrected chi connectivity index (χ4v) is 1.70. The fourth-order valence-electron chi connectivity index (χ4n) is 1.70. The molecule has 19 heavy (non-hydrogen) atoms. The summed E-state index contributed by atoms with van der Waals surface area (Å²) in [5.41, 5.74) is 2.89. The van der Waals surface area contributed by atoms with Crippen LogP contribution in [0.4, 0.5) is 5.69 Å². The molecule has 1 aromatic rings. The predicted molar refractivity (Wildman–Crippen MR) is 73.1 cm³/mol. The van der Waals surface area contributed by atoms with Gasteiger partial charge in [0.25, 0.3) is 5.91 Å². The molecule has 1 amide bonds. The number of carbonyl (C=O) groups is 2. The first-order valence-electron chi connectivity index (χ1n) is 6.22. The molecule has 0 unspecified atom stereocenters. The molecule has 0 saturated heterocycles. The average Bonchev–Trinajstić information content (AvgIpc) is 2.42. The van der Waals surface area contributed by atoms with Crippen LogP contribution in [-0.4, -0.2) is 23.5 Å². The van der Waals surface area contributed by atoms with Crippen LogP contribution in [0, 0.1) is 0 Å². The van der Waals surface area contributed by atoms with E-state index in [0.717, 1.165) is 25.8 Å². The third kappa shape index (κ3) is 4.26. The third-order valence-corrected chi connectivity index (χ3v) is 2.74. The smallest absolute Gasteiger partial charge is 0.335 e. The SMILES string of the molecule is CCCCCNc1ccc(C(=O)O)cc1C(=O)NN. The van der Waals surface area contributed by atoms with E-state index in [-0.39, 0.29) is 11.1 Å². The molecule has 1 aromatic carbocycles. The van der Waals surface area contributed by atoms with Gasteiger partial charge in [0.15, 0.2) is 0 Å². The molecule has 0 aromatic heterocycles. The summed E-state index contributed by atoms with van der Waals surface area (Å²) >= 11 is 0. The number of hydrazine groups is 1. The Balaban J connectivity index is 2.89. The van der Waals surface area contributed by atoms with Gasteiger partial charge in [-0.05, 0) is 24.6 Å². The van der Waals surface area contributed by atoms with E-state index in [1.54, 1.807) is 6.07 Å². The number of hydrogen-bond donors (Lipinski definition) is 4. The highest BCUT2D eigenvalue weighted by molar-refractivity contribution is 6.01. The summed E-state index contributed by atoms with van der Waals surface area (Å²) in [6.45, 7) is 2.83. The molecule has 0 fully saturated rings. The first-order chi connectivity index (χ1) is 9.10. The Labute approximate surface area is 112 Å². The van der Waals surface area contributed by atoms with Gasteiger partial charge in [-0.1, -0.05) is 19.8 Å². The number of nitrogen functional groups attached to an aromatic ring is 1. The minimum Gasteiger partial charge on any atom is -0.478 e. The van der Waals surface area contributed by atoms with Crippen LogP contribution in [0.25, 0.3) is 0 Å². The van der Waals surface area contributed by atoms with E-state index in [0.29, 0.717) is 5.69 Å². The zero-order valence-electron chi connectivity index (χ0n) is 10.9. The Morgan fingerprint density at radius 3 is 2.63 bits per heavy atom. The molecule has 0 aliphatic carbocycles. The molecule has 0 saturated carbocycles. The van der Waals surface area contributed by atoms with Crippen molar-refractivity contribution in [3.8, 4) is 0 Å². The number of amides is 1. The van der Waals surface area contributed by atoms with E-state index in [2.05, 4.69) is 12.2 Å². The van der Waals surface area contributed by atoms with Gasteiger partial charge < -0.3 is 10.4 Å². The highest BCUT2D eigenvalue weighted by Gasteiger charge is 2.13. The van der Waals surface area contributed by atoms with Crippen molar-refractivity contribution in [2.75, 3.05) is 11.9 Å². The quantitative estimate of drug-likeness (QED) is 0.259. The van der Waals surface area contributed by atoms with Gasteiger partial charge in [-0.15, -0.1) is 0 Å². The van der Waals surface area contributed by atoms with Crippen LogP contribution in [-0.2, 0) is 0 Å². The lowest BCUT2D eigenvalue weighted by Gasteiger charge is -2.11. The molecule has 6 nitrogen and oxygen atoms in total. The van der Waals surface area contributed by atoms with Gasteiger partial charge in [0.1, 0.15) is 0 Å². The van der Waals surface area contributed by atoms with Crippen molar-refractivity contribution < 1.29 is 14.7 Å². The molecule has 0 atom stereocenters. The fraction of sp³-hybridized carbons (Fsp3) is 0.385. The minimum absolute atomic E-state index is 0.0534. The summed E-state index contributed by atoms with van der Waals surface area (Å²) < 4.78 is 0. The average molecular weight is 265 g/mol. The molecule has 104 valence electrons. The summed E-state index contributed by atoms with van der Waals surface area (Å²) in [6, 6.07) is 4.35. The number of unbranched alkanes of at least 4 members (excludes halogenated alkanes) is 2. The van der Waals surface area contributed by atoms with Crippen molar-refractivity contribution in [2.24, 2.45) is 5.84 Å². The van der Waals surface area contributed by atoms with E-state index < -0.39 is 11.9 Å². The number of carboxylic acids is 1. The van der Waals surface area contributed by atoms with E-state index in [4.69, 9.17) is 10.9 Å². The van der Waals surface area contributed by atoms with E-state index in [9.17, 15) is 9.59 Å². The molecule has 0 radical (unpaired) electrons. The zero-order valence-corrected chi connectivity index (χ0v) is 10.9. The van der Waals surface area contributed by atoms with Crippen LogP contribution in [0.1, 0.15) is 46.9 Å². The summed E-state index contributed by atoms with van der Waals surface area (Å²) in [5.74, 6) is 3.51. The van der Waals surface area contributed by atoms with Crippen LogP contribution >= 0.6 is 0 Å². The van der Waals surface area contributed by atoms with Gasteiger partial charge in [-0.25, -0.2) is 10.6 Å². The van der Waals surface area contributed by atoms with E-state index >= 15 is 0 Å². The lowest BCUT2D eigenvalue weighted by atomic mass is 10.1. The summed E-state index contributed by atoms with van der Waals surface area (Å²) in [6.07, 6.45) is 3.19. The Morgan fingerprint density at radius 1 is 1.32 bits per heavy atom. The van der Waals surface area contributed by atoms with Gasteiger partial charge in [0, 0.05) is 12.2 Å². The van der Waals surface area contributed by atoms with Crippen LogP contribution in [0.5, 0.6) is 0 Å². The maximum absolute atomic E-state index is 11.6. The highest BCUT2D eigenvalue weighted by Crippen LogP contribution is 2.18. The Hall–Kier alpha value is -2.08. The highest BCUT2D eigenvalue weighted by atomic mass is 16.4. The predicted octanol–water partition coefficient (Wildman–Crippen LogP) is 1.59. The Bertz CT molecular complexity index is 460. The van der Waals surface area contributed by atoms with Crippen molar-refractivity contribution in [1.82, 2.24) is 5.43 Å². The molecule has 0 spiro atoms. The first kappa shape index (κ1) is 15.0. The number of carboxylic acid groups (broad SMARTS) is 1. The number of benzene rings is 1. The number of anilines is 1. The van der Waals surface area contributed by atoms with E-state index in [1.165, 1.54) is 12.1 Å². The summed E-state index contributed by atoms with van der Waals surface area (Å²) in [4.78, 5) is 22.5. The molecule has 0 bridgehead atoms. The van der Waals surface area contributed by atoms with Crippen molar-refractivity contribution in [2.45, 2.75) is 26.2 Å². The lowest BCUT2D eigenvalue weighted by Crippen LogP contribution is -2.31. The molecule has 5 N–H and O–H groups in total. The Morgan fingerprint density at radius 2 is 2.05 bits per heavy atom. The van der Waals surface area contributed by atoms with Crippen LogP contribution in [0.15, 0.2) is 18.2 Å². The topological polar surface area (TPSA) is 104 Å². The van der Waals surface area contributed by atoms with Gasteiger partial charge >= 0.3 is 5.97 Å². The molecular weight excluding hydrogens is 246 g/mol. The number of nitrogens with one attached hydrogen (secondary N) is 2. The van der Waals surface area contributed by atoms with Crippen molar-refractivity contribution in [3.05, 3.63) is 29.3 Å². The maximum atomic E-state index is 11.6. The van der Waals surface area contributed by atoms with Crippen LogP contribution in [0.3, 0.4) is 0 Å². The number of aromatic carboxylic acids is 1. The van der Waals surface area contributed by atoms with Gasteiger partial charge in [0.05, 0.1) is 11.1 Å². The van der Waals surface area contributed by atoms with Crippen molar-refractivity contribution in [1.29, 1.82) is 0 Å². The zero-order chi connectivity index (χ0) is 14.3. The molecule has 0 aliphatic heterocycles. The van der Waals surface area contributed by atoms with Crippen LogP contribution in [0.2, 0.25) is 0 Å². The normalized spacial score (nSPS) is 10.0. The monoisotopic (exact) mass is 265 g/mol. The van der Waals surface area contributed by atoms with Crippen molar-refractivity contribution >= 4 is 17.6 Å².